The van der Waals surface area contributed by atoms with Gasteiger partial charge in [0.2, 0.25) is 0 Å². The van der Waals surface area contributed by atoms with Crippen molar-refractivity contribution < 1.29 is 9.90 Å². The average Bonchev–Trinajstić information content (AvgIpc) is 2.73. The lowest BCUT2D eigenvalue weighted by Gasteiger charge is -2.04. The molecule has 3 nitrogen and oxygen atoms in total. The summed E-state index contributed by atoms with van der Waals surface area (Å²) in [7, 11) is 0. The summed E-state index contributed by atoms with van der Waals surface area (Å²) >= 11 is 7.39. The number of anilines is 1. The molecule has 2 N–H and O–H groups in total. The van der Waals surface area contributed by atoms with E-state index in [1.165, 1.54) is 11.3 Å². The first-order valence-corrected chi connectivity index (χ1v) is 6.62. The fourth-order valence-electron chi connectivity index (χ4n) is 1.55. The van der Waals surface area contributed by atoms with Crippen molar-refractivity contribution in [1.82, 2.24) is 0 Å². The Hall–Kier alpha value is -1.52. The zero-order valence-electron chi connectivity index (χ0n) is 9.52. The lowest BCUT2D eigenvalue weighted by atomic mass is 10.3. The quantitative estimate of drug-likeness (QED) is 0.880. The highest BCUT2D eigenvalue weighted by Gasteiger charge is 2.04. The van der Waals surface area contributed by atoms with Gasteiger partial charge in [0.1, 0.15) is 0 Å². The predicted molar refractivity (Wildman–Crippen MR) is 74.4 cm³/mol. The number of aliphatic carboxylic acids is 1. The molecule has 1 aromatic carbocycles. The summed E-state index contributed by atoms with van der Waals surface area (Å²) in [5.41, 5.74) is 0.954. The van der Waals surface area contributed by atoms with Crippen molar-refractivity contribution in [3.05, 3.63) is 51.2 Å². The van der Waals surface area contributed by atoms with Crippen LogP contribution in [0.4, 0.5) is 5.69 Å². The van der Waals surface area contributed by atoms with Crippen LogP contribution in [0.3, 0.4) is 0 Å². The third kappa shape index (κ3) is 3.75. The lowest BCUT2D eigenvalue weighted by molar-refractivity contribution is -0.136. The molecule has 0 aliphatic rings. The molecule has 0 aliphatic carbocycles. The van der Waals surface area contributed by atoms with Crippen LogP contribution in [0.2, 0.25) is 5.02 Å². The van der Waals surface area contributed by atoms with Gasteiger partial charge in [-0.1, -0.05) is 17.7 Å². The molecule has 0 saturated carbocycles. The Bertz CT molecular complexity index is 553. The first kappa shape index (κ1) is 12.9. The van der Waals surface area contributed by atoms with Crippen molar-refractivity contribution in [2.75, 3.05) is 5.32 Å². The molecule has 5 heteroatoms. The number of thiophene rings is 1. The summed E-state index contributed by atoms with van der Waals surface area (Å²) in [6.45, 7) is 0.671. The van der Waals surface area contributed by atoms with E-state index in [1.54, 1.807) is 0 Å². The number of benzene rings is 1. The maximum Gasteiger partial charge on any atom is 0.308 e. The van der Waals surface area contributed by atoms with Crippen molar-refractivity contribution in [3.8, 4) is 0 Å². The van der Waals surface area contributed by atoms with Gasteiger partial charge in [-0.25, -0.2) is 0 Å². The van der Waals surface area contributed by atoms with Crippen molar-refractivity contribution in [2.24, 2.45) is 0 Å². The van der Waals surface area contributed by atoms with Crippen LogP contribution >= 0.6 is 22.9 Å². The Kier molecular flexibility index (Phi) is 4.23. The summed E-state index contributed by atoms with van der Waals surface area (Å²) in [6.07, 6.45) is 0.0852. The Balaban J connectivity index is 1.94. The number of halogens is 1. The van der Waals surface area contributed by atoms with Gasteiger partial charge >= 0.3 is 5.97 Å². The van der Waals surface area contributed by atoms with Gasteiger partial charge in [-0.05, 0) is 30.3 Å². The second-order valence-electron chi connectivity index (χ2n) is 3.80. The minimum atomic E-state index is -0.800. The van der Waals surface area contributed by atoms with Crippen molar-refractivity contribution in [1.29, 1.82) is 0 Å². The molecule has 2 aromatic rings. The number of carbonyl (C=O) groups is 1. The van der Waals surface area contributed by atoms with Gasteiger partial charge in [-0.3, -0.25) is 4.79 Å². The molecule has 94 valence electrons. The van der Waals surface area contributed by atoms with Gasteiger partial charge in [0.05, 0.1) is 6.42 Å². The second kappa shape index (κ2) is 5.89. The largest absolute Gasteiger partial charge is 0.481 e. The summed E-state index contributed by atoms with van der Waals surface area (Å²) in [5, 5.41) is 12.6. The van der Waals surface area contributed by atoms with E-state index in [-0.39, 0.29) is 6.42 Å². The van der Waals surface area contributed by atoms with Crippen LogP contribution < -0.4 is 5.32 Å². The van der Waals surface area contributed by atoms with E-state index in [2.05, 4.69) is 5.32 Å². The zero-order chi connectivity index (χ0) is 13.0. The van der Waals surface area contributed by atoms with E-state index in [0.29, 0.717) is 11.6 Å². The summed E-state index contributed by atoms with van der Waals surface area (Å²) in [6, 6.07) is 11.3. The average molecular weight is 282 g/mol. The third-order valence-electron chi connectivity index (χ3n) is 2.33. The molecule has 0 atom stereocenters. The highest BCUT2D eigenvalue weighted by atomic mass is 35.5. The number of carboxylic acids is 1. The minimum Gasteiger partial charge on any atom is -0.481 e. The van der Waals surface area contributed by atoms with E-state index < -0.39 is 5.97 Å². The highest BCUT2D eigenvalue weighted by molar-refractivity contribution is 7.12. The number of nitrogens with one attached hydrogen (secondary N) is 1. The fraction of sp³-hybridized carbons (Fsp3) is 0.154. The Labute approximate surface area is 114 Å². The first-order valence-electron chi connectivity index (χ1n) is 5.42. The highest BCUT2D eigenvalue weighted by Crippen LogP contribution is 2.20. The minimum absolute atomic E-state index is 0.0852. The molecular weight excluding hydrogens is 270 g/mol. The summed E-state index contributed by atoms with van der Waals surface area (Å²) < 4.78 is 0. The number of rotatable bonds is 5. The van der Waals surface area contributed by atoms with Crippen LogP contribution in [-0.4, -0.2) is 11.1 Å². The molecule has 1 aromatic heterocycles. The Morgan fingerprint density at radius 2 is 2.06 bits per heavy atom. The monoisotopic (exact) mass is 281 g/mol. The van der Waals surface area contributed by atoms with Crippen LogP contribution in [0, 0.1) is 0 Å². The molecule has 0 radical (unpaired) electrons. The fourth-order valence-corrected chi connectivity index (χ4v) is 2.69. The number of carboxylic acid groups (broad SMARTS) is 1. The van der Waals surface area contributed by atoms with Crippen molar-refractivity contribution in [2.45, 2.75) is 13.0 Å². The van der Waals surface area contributed by atoms with E-state index >= 15 is 0 Å². The molecular formula is C13H12ClNO2S. The Morgan fingerprint density at radius 3 is 2.78 bits per heavy atom. The van der Waals surface area contributed by atoms with Crippen LogP contribution in [0.25, 0.3) is 0 Å². The maximum absolute atomic E-state index is 10.6. The molecule has 1 heterocycles. The van der Waals surface area contributed by atoms with Gasteiger partial charge in [-0.2, -0.15) is 0 Å². The van der Waals surface area contributed by atoms with E-state index in [4.69, 9.17) is 16.7 Å². The normalized spacial score (nSPS) is 10.3. The van der Waals surface area contributed by atoms with Gasteiger partial charge in [0, 0.05) is 27.0 Å². The number of hydrogen-bond acceptors (Lipinski definition) is 3. The van der Waals surface area contributed by atoms with E-state index in [9.17, 15) is 4.79 Å². The first-order chi connectivity index (χ1) is 8.63. The van der Waals surface area contributed by atoms with Crippen LogP contribution in [0.15, 0.2) is 36.4 Å². The van der Waals surface area contributed by atoms with Gasteiger partial charge in [0.15, 0.2) is 0 Å². The molecule has 0 fully saturated rings. The van der Waals surface area contributed by atoms with Crippen LogP contribution in [0.5, 0.6) is 0 Å². The second-order valence-corrected chi connectivity index (χ2v) is 5.49. The molecule has 0 bridgehead atoms. The van der Waals surface area contributed by atoms with Crippen molar-refractivity contribution in [3.63, 3.8) is 0 Å². The maximum atomic E-state index is 10.6. The molecule has 0 unspecified atom stereocenters. The third-order valence-corrected chi connectivity index (χ3v) is 3.65. The molecule has 2 rings (SSSR count). The molecule has 0 amide bonds. The molecule has 18 heavy (non-hydrogen) atoms. The SMILES string of the molecule is O=C(O)Cc1ccc(CNc2cccc(Cl)c2)s1. The number of hydrogen-bond donors (Lipinski definition) is 2. The Morgan fingerprint density at radius 1 is 1.28 bits per heavy atom. The summed E-state index contributed by atoms with van der Waals surface area (Å²) in [4.78, 5) is 12.5. The van der Waals surface area contributed by atoms with E-state index in [0.717, 1.165) is 15.4 Å². The molecule has 0 aliphatic heterocycles. The molecule has 0 saturated heterocycles. The molecule has 0 spiro atoms. The zero-order valence-corrected chi connectivity index (χ0v) is 11.1. The van der Waals surface area contributed by atoms with Crippen LogP contribution in [-0.2, 0) is 17.8 Å². The van der Waals surface area contributed by atoms with E-state index in [1.807, 2.05) is 36.4 Å². The predicted octanol–water partition coefficient (Wildman–Crippen LogP) is 3.64. The standard InChI is InChI=1S/C13H12ClNO2S/c14-9-2-1-3-10(6-9)15-8-12-5-4-11(18-12)7-13(16)17/h1-6,15H,7-8H2,(H,16,17). The van der Waals surface area contributed by atoms with Gasteiger partial charge in [-0.15, -0.1) is 11.3 Å². The summed E-state index contributed by atoms with van der Waals surface area (Å²) in [5.74, 6) is -0.800. The van der Waals surface area contributed by atoms with Crippen LogP contribution in [0.1, 0.15) is 9.75 Å². The topological polar surface area (TPSA) is 49.3 Å². The smallest absolute Gasteiger partial charge is 0.308 e. The van der Waals surface area contributed by atoms with Crippen molar-refractivity contribution >= 4 is 34.6 Å². The van der Waals surface area contributed by atoms with Gasteiger partial charge in [0.25, 0.3) is 0 Å². The lowest BCUT2D eigenvalue weighted by Crippen LogP contribution is -1.98. The van der Waals surface area contributed by atoms with Gasteiger partial charge < -0.3 is 10.4 Å².